The quantitative estimate of drug-likeness (QED) is 0.257. The summed E-state index contributed by atoms with van der Waals surface area (Å²) in [6, 6.07) is 13.0. The SMILES string of the molecule is CCc1cc(CCC(c2cc(CC)c(O)c(CC)c2)c2cc(CC)c(O)c(CC)c2)cc(CC)c1O. The summed E-state index contributed by atoms with van der Waals surface area (Å²) in [7, 11) is 0. The molecular weight excluding hydrogens is 444 g/mol. The first-order valence-electron chi connectivity index (χ1n) is 13.8. The van der Waals surface area contributed by atoms with E-state index in [4.69, 9.17) is 0 Å². The van der Waals surface area contributed by atoms with E-state index in [0.717, 1.165) is 84.7 Å². The van der Waals surface area contributed by atoms with Gasteiger partial charge in [-0.25, -0.2) is 0 Å². The lowest BCUT2D eigenvalue weighted by molar-refractivity contribution is 0.461. The highest BCUT2D eigenvalue weighted by molar-refractivity contribution is 5.51. The second-order valence-electron chi connectivity index (χ2n) is 9.85. The molecule has 194 valence electrons. The highest BCUT2D eigenvalue weighted by Crippen LogP contribution is 2.38. The van der Waals surface area contributed by atoms with Crippen LogP contribution in [-0.2, 0) is 44.9 Å². The van der Waals surface area contributed by atoms with E-state index in [1.807, 2.05) is 0 Å². The number of benzene rings is 3. The molecule has 0 aliphatic carbocycles. The second-order valence-corrected chi connectivity index (χ2v) is 9.85. The van der Waals surface area contributed by atoms with Crippen LogP contribution in [0.1, 0.15) is 104 Å². The highest BCUT2D eigenvalue weighted by Gasteiger charge is 2.21. The molecule has 0 bridgehead atoms. The largest absolute Gasteiger partial charge is 0.507 e. The van der Waals surface area contributed by atoms with Gasteiger partial charge in [-0.1, -0.05) is 77.9 Å². The van der Waals surface area contributed by atoms with E-state index >= 15 is 0 Å². The van der Waals surface area contributed by atoms with Crippen molar-refractivity contribution in [2.45, 2.75) is 98.8 Å². The van der Waals surface area contributed by atoms with Crippen LogP contribution < -0.4 is 0 Å². The Kier molecular flexibility index (Phi) is 9.48. The molecule has 0 heterocycles. The molecule has 3 N–H and O–H groups in total. The van der Waals surface area contributed by atoms with Crippen LogP contribution >= 0.6 is 0 Å². The van der Waals surface area contributed by atoms with Crippen molar-refractivity contribution in [1.29, 1.82) is 0 Å². The maximum absolute atomic E-state index is 10.8. The Hall–Kier alpha value is -2.94. The van der Waals surface area contributed by atoms with Crippen molar-refractivity contribution in [3.63, 3.8) is 0 Å². The maximum atomic E-state index is 10.8. The summed E-state index contributed by atoms with van der Waals surface area (Å²) in [6.45, 7) is 12.5. The van der Waals surface area contributed by atoms with Gasteiger partial charge in [0.2, 0.25) is 0 Å². The van der Waals surface area contributed by atoms with Crippen molar-refractivity contribution in [2.24, 2.45) is 0 Å². The number of aryl methyl sites for hydroxylation is 7. The molecule has 3 aromatic rings. The van der Waals surface area contributed by atoms with Crippen molar-refractivity contribution < 1.29 is 15.3 Å². The van der Waals surface area contributed by atoms with Gasteiger partial charge in [-0.15, -0.1) is 0 Å². The van der Waals surface area contributed by atoms with E-state index in [1.54, 1.807) is 0 Å². The number of hydrogen-bond acceptors (Lipinski definition) is 3. The summed E-state index contributed by atoms with van der Waals surface area (Å²) in [5, 5.41) is 32.1. The third-order valence-corrected chi connectivity index (χ3v) is 7.72. The summed E-state index contributed by atoms with van der Waals surface area (Å²) in [6.07, 6.45) is 6.56. The lowest BCUT2D eigenvalue weighted by Gasteiger charge is -2.23. The molecule has 0 radical (unpaired) electrons. The summed E-state index contributed by atoms with van der Waals surface area (Å²) in [4.78, 5) is 0. The lowest BCUT2D eigenvalue weighted by Crippen LogP contribution is -2.07. The smallest absolute Gasteiger partial charge is 0.121 e. The Morgan fingerprint density at radius 1 is 0.472 bits per heavy atom. The van der Waals surface area contributed by atoms with E-state index in [2.05, 4.69) is 77.9 Å². The Labute approximate surface area is 217 Å². The topological polar surface area (TPSA) is 60.7 Å². The number of phenols is 3. The van der Waals surface area contributed by atoms with Crippen LogP contribution in [-0.4, -0.2) is 15.3 Å². The second kappa shape index (κ2) is 12.3. The Bertz CT molecular complexity index is 1060. The average Bonchev–Trinajstić information content (AvgIpc) is 2.90. The van der Waals surface area contributed by atoms with E-state index < -0.39 is 0 Å². The standard InChI is InChI=1S/C33H44O3/c1-7-22-15-21(16-23(8-2)31(22)34)13-14-30(28-17-24(9-3)32(35)25(10-4)18-28)29-19-26(11-5)33(36)27(12-6)20-29/h15-20,30,34-36H,7-14H2,1-6H3. The number of rotatable bonds is 11. The number of aromatic hydroxyl groups is 3. The van der Waals surface area contributed by atoms with Gasteiger partial charge in [0, 0.05) is 5.92 Å². The minimum absolute atomic E-state index is 0.140. The van der Waals surface area contributed by atoms with Crippen molar-refractivity contribution in [3.8, 4) is 17.2 Å². The molecule has 0 aliphatic rings. The molecular formula is C33H44O3. The summed E-state index contributed by atoms with van der Waals surface area (Å²) < 4.78 is 0. The molecule has 3 rings (SSSR count). The van der Waals surface area contributed by atoms with E-state index in [0.29, 0.717) is 17.2 Å². The molecule has 0 spiro atoms. The first-order valence-corrected chi connectivity index (χ1v) is 13.8. The van der Waals surface area contributed by atoms with Gasteiger partial charge in [0.25, 0.3) is 0 Å². The monoisotopic (exact) mass is 488 g/mol. The minimum Gasteiger partial charge on any atom is -0.507 e. The van der Waals surface area contributed by atoms with Gasteiger partial charge in [0.15, 0.2) is 0 Å². The van der Waals surface area contributed by atoms with Gasteiger partial charge in [-0.3, -0.25) is 0 Å². The van der Waals surface area contributed by atoms with Gasteiger partial charge in [-0.2, -0.15) is 0 Å². The number of phenolic OH excluding ortho intramolecular Hbond substituents is 3. The first kappa shape index (κ1) is 27.6. The van der Waals surface area contributed by atoms with E-state index in [-0.39, 0.29) is 5.92 Å². The molecule has 0 atom stereocenters. The van der Waals surface area contributed by atoms with Crippen LogP contribution in [0.15, 0.2) is 36.4 Å². The molecule has 0 saturated carbocycles. The molecule has 3 nitrogen and oxygen atoms in total. The van der Waals surface area contributed by atoms with Crippen molar-refractivity contribution in [3.05, 3.63) is 86.5 Å². The van der Waals surface area contributed by atoms with Crippen LogP contribution in [0.4, 0.5) is 0 Å². The first-order chi connectivity index (χ1) is 17.3. The van der Waals surface area contributed by atoms with Crippen LogP contribution in [0.3, 0.4) is 0 Å². The van der Waals surface area contributed by atoms with Gasteiger partial charge < -0.3 is 15.3 Å². The van der Waals surface area contributed by atoms with Gasteiger partial charge in [0.1, 0.15) is 17.2 Å². The Morgan fingerprint density at radius 2 is 0.750 bits per heavy atom. The van der Waals surface area contributed by atoms with Crippen LogP contribution in [0.2, 0.25) is 0 Å². The molecule has 36 heavy (non-hydrogen) atoms. The van der Waals surface area contributed by atoms with Gasteiger partial charge in [-0.05, 0) is 101 Å². The Morgan fingerprint density at radius 3 is 1.03 bits per heavy atom. The zero-order valence-electron chi connectivity index (χ0n) is 23.0. The zero-order valence-corrected chi connectivity index (χ0v) is 23.0. The summed E-state index contributed by atoms with van der Waals surface area (Å²) in [5.41, 5.74) is 9.69. The predicted molar refractivity (Wildman–Crippen MR) is 151 cm³/mol. The van der Waals surface area contributed by atoms with E-state index in [1.165, 1.54) is 16.7 Å². The molecule has 3 aromatic carbocycles. The fourth-order valence-corrected chi connectivity index (χ4v) is 5.41. The molecule has 3 heteroatoms. The molecule has 0 amide bonds. The normalized spacial score (nSPS) is 11.4. The maximum Gasteiger partial charge on any atom is 0.121 e. The zero-order chi connectivity index (χ0) is 26.4. The Balaban J connectivity index is 2.14. The van der Waals surface area contributed by atoms with Crippen LogP contribution in [0.5, 0.6) is 17.2 Å². The van der Waals surface area contributed by atoms with Gasteiger partial charge >= 0.3 is 0 Å². The fourth-order valence-electron chi connectivity index (χ4n) is 5.41. The van der Waals surface area contributed by atoms with Gasteiger partial charge in [0.05, 0.1) is 0 Å². The average molecular weight is 489 g/mol. The highest BCUT2D eigenvalue weighted by atomic mass is 16.3. The summed E-state index contributed by atoms with van der Waals surface area (Å²) in [5.74, 6) is 1.44. The molecule has 0 aromatic heterocycles. The molecule has 0 aliphatic heterocycles. The van der Waals surface area contributed by atoms with E-state index in [9.17, 15) is 15.3 Å². The van der Waals surface area contributed by atoms with Crippen molar-refractivity contribution >= 4 is 0 Å². The van der Waals surface area contributed by atoms with Crippen LogP contribution in [0, 0.1) is 0 Å². The fraction of sp³-hybridized carbons (Fsp3) is 0.455. The molecule has 0 unspecified atom stereocenters. The van der Waals surface area contributed by atoms with Crippen molar-refractivity contribution in [1.82, 2.24) is 0 Å². The third kappa shape index (κ3) is 5.72. The van der Waals surface area contributed by atoms with Crippen LogP contribution in [0.25, 0.3) is 0 Å². The molecule has 0 fully saturated rings. The third-order valence-electron chi connectivity index (χ3n) is 7.72. The lowest BCUT2D eigenvalue weighted by atomic mass is 9.82. The predicted octanol–water partition coefficient (Wildman–Crippen LogP) is 7.94. The minimum atomic E-state index is 0.140. The van der Waals surface area contributed by atoms with Crippen molar-refractivity contribution in [2.75, 3.05) is 0 Å². The molecule has 0 saturated heterocycles. The number of hydrogen-bond donors (Lipinski definition) is 3. The summed E-state index contributed by atoms with van der Waals surface area (Å²) >= 11 is 0.